The van der Waals surface area contributed by atoms with Crippen LogP contribution >= 0.6 is 11.6 Å². The van der Waals surface area contributed by atoms with Crippen molar-refractivity contribution in [2.24, 2.45) is 11.1 Å². The summed E-state index contributed by atoms with van der Waals surface area (Å²) in [5, 5.41) is 0.332. The Morgan fingerprint density at radius 3 is 2.60 bits per heavy atom. The van der Waals surface area contributed by atoms with Crippen molar-refractivity contribution in [3.05, 3.63) is 29.0 Å². The van der Waals surface area contributed by atoms with E-state index in [1.807, 2.05) is 20.8 Å². The normalized spacial score (nSPS) is 12.8. The van der Waals surface area contributed by atoms with Crippen LogP contribution in [-0.2, 0) is 4.74 Å². The molecule has 1 unspecified atom stereocenters. The first-order valence-corrected chi connectivity index (χ1v) is 6.65. The zero-order chi connectivity index (χ0) is 15.3. The highest BCUT2D eigenvalue weighted by molar-refractivity contribution is 6.33. The van der Waals surface area contributed by atoms with Gasteiger partial charge in [0.1, 0.15) is 6.10 Å². The number of ether oxygens (including phenoxy) is 1. The van der Waals surface area contributed by atoms with Gasteiger partial charge < -0.3 is 10.5 Å². The minimum atomic E-state index is -0.885. The molecule has 1 atom stereocenters. The number of carbonyl (C=O) groups excluding carboxylic acids is 2. The van der Waals surface area contributed by atoms with E-state index in [9.17, 15) is 9.59 Å². The fourth-order valence-corrected chi connectivity index (χ4v) is 2.11. The summed E-state index contributed by atoms with van der Waals surface area (Å²) in [4.78, 5) is 27.0. The zero-order valence-corrected chi connectivity index (χ0v) is 12.6. The first-order valence-electron chi connectivity index (χ1n) is 6.28. The number of nitrogens with two attached hydrogens (primary N) is 1. The summed E-state index contributed by atoms with van der Waals surface area (Å²) in [6, 6.07) is 1.54. The molecule has 0 aromatic carbocycles. The average Bonchev–Trinajstić information content (AvgIpc) is 2.25. The Bertz CT molecular complexity index is 497. The molecule has 0 spiro atoms. The zero-order valence-electron chi connectivity index (χ0n) is 11.9. The minimum absolute atomic E-state index is 0.0334. The van der Waals surface area contributed by atoms with Gasteiger partial charge >= 0.3 is 6.09 Å². The number of rotatable bonds is 5. The van der Waals surface area contributed by atoms with Crippen molar-refractivity contribution in [3.8, 4) is 0 Å². The van der Waals surface area contributed by atoms with Crippen LogP contribution in [0.5, 0.6) is 0 Å². The molecule has 1 rings (SSSR count). The topological polar surface area (TPSA) is 82.3 Å². The van der Waals surface area contributed by atoms with Crippen LogP contribution in [0.25, 0.3) is 0 Å². The Balaban J connectivity index is 2.81. The summed E-state index contributed by atoms with van der Waals surface area (Å²) in [7, 11) is 0. The Morgan fingerprint density at radius 1 is 1.45 bits per heavy atom. The summed E-state index contributed by atoms with van der Waals surface area (Å²) in [5.41, 5.74) is 5.27. The summed E-state index contributed by atoms with van der Waals surface area (Å²) in [6.45, 7) is 5.98. The number of hydrogen-bond acceptors (Lipinski definition) is 4. The number of primary amides is 1. The van der Waals surface area contributed by atoms with Gasteiger partial charge in [-0.25, -0.2) is 4.79 Å². The monoisotopic (exact) mass is 298 g/mol. The molecule has 1 heterocycles. The first kappa shape index (κ1) is 16.4. The second kappa shape index (κ2) is 6.70. The number of hydrogen-bond donors (Lipinski definition) is 1. The predicted molar refractivity (Wildman–Crippen MR) is 76.7 cm³/mol. The molecule has 0 aliphatic heterocycles. The maximum atomic E-state index is 12.2. The van der Waals surface area contributed by atoms with E-state index in [1.165, 1.54) is 12.4 Å². The molecular formula is C14H19ClN2O3. The first-order chi connectivity index (χ1) is 9.19. The molecule has 110 valence electrons. The van der Waals surface area contributed by atoms with Gasteiger partial charge in [-0.3, -0.25) is 9.78 Å². The van der Waals surface area contributed by atoms with E-state index >= 15 is 0 Å². The SMILES string of the molecule is CC(C)(C)CC(CC(=O)c1cnccc1Cl)OC(N)=O. The van der Waals surface area contributed by atoms with Gasteiger partial charge in [0.15, 0.2) is 5.78 Å². The third-order valence-corrected chi connectivity index (χ3v) is 2.93. The highest BCUT2D eigenvalue weighted by Crippen LogP contribution is 2.26. The van der Waals surface area contributed by atoms with Gasteiger partial charge in [0, 0.05) is 18.8 Å². The molecule has 2 N–H and O–H groups in total. The minimum Gasteiger partial charge on any atom is -0.446 e. The largest absolute Gasteiger partial charge is 0.446 e. The molecule has 6 heteroatoms. The summed E-state index contributed by atoms with van der Waals surface area (Å²) in [5.74, 6) is -0.224. The summed E-state index contributed by atoms with van der Waals surface area (Å²) in [6.07, 6.45) is 2.01. The van der Waals surface area contributed by atoms with E-state index in [0.717, 1.165) is 0 Å². The highest BCUT2D eigenvalue weighted by atomic mass is 35.5. The van der Waals surface area contributed by atoms with E-state index in [2.05, 4.69) is 4.98 Å². The Hall–Kier alpha value is -1.62. The lowest BCUT2D eigenvalue weighted by atomic mass is 9.87. The molecule has 20 heavy (non-hydrogen) atoms. The van der Waals surface area contributed by atoms with Crippen molar-refractivity contribution in [1.29, 1.82) is 0 Å². The number of Topliss-reactive ketones (excluding diaryl/α,β-unsaturated/α-hetero) is 1. The van der Waals surface area contributed by atoms with Gasteiger partial charge in [-0.15, -0.1) is 0 Å². The van der Waals surface area contributed by atoms with E-state index in [1.54, 1.807) is 6.07 Å². The molecule has 0 aliphatic carbocycles. The van der Waals surface area contributed by atoms with Crippen LogP contribution < -0.4 is 5.73 Å². The van der Waals surface area contributed by atoms with Crippen LogP contribution in [0.15, 0.2) is 18.5 Å². The lowest BCUT2D eigenvalue weighted by molar-refractivity contribution is 0.0645. The van der Waals surface area contributed by atoms with Crippen LogP contribution in [-0.4, -0.2) is 23.0 Å². The van der Waals surface area contributed by atoms with Crippen molar-refractivity contribution in [3.63, 3.8) is 0 Å². The number of amides is 1. The Kier molecular flexibility index (Phi) is 5.51. The fourth-order valence-electron chi connectivity index (χ4n) is 1.90. The highest BCUT2D eigenvalue weighted by Gasteiger charge is 2.25. The number of pyridine rings is 1. The molecular weight excluding hydrogens is 280 g/mol. The van der Waals surface area contributed by atoms with Crippen molar-refractivity contribution in [2.75, 3.05) is 0 Å². The molecule has 0 aliphatic rings. The van der Waals surface area contributed by atoms with Crippen molar-refractivity contribution in [1.82, 2.24) is 4.98 Å². The maximum absolute atomic E-state index is 12.2. The second-order valence-corrected chi connectivity index (χ2v) is 6.21. The third kappa shape index (κ3) is 5.57. The number of aromatic nitrogens is 1. The number of carbonyl (C=O) groups is 2. The van der Waals surface area contributed by atoms with Crippen molar-refractivity contribution < 1.29 is 14.3 Å². The number of halogens is 1. The third-order valence-electron chi connectivity index (χ3n) is 2.60. The van der Waals surface area contributed by atoms with E-state index < -0.39 is 12.2 Å². The standard InChI is InChI=1S/C14H19ClN2O3/c1-14(2,3)7-9(20-13(16)19)6-12(18)10-8-17-5-4-11(10)15/h4-5,8-9H,6-7H2,1-3H3,(H2,16,19). The van der Waals surface area contributed by atoms with Gasteiger partial charge in [-0.1, -0.05) is 32.4 Å². The average molecular weight is 299 g/mol. The number of nitrogens with zero attached hydrogens (tertiary/aromatic N) is 1. The number of ketones is 1. The summed E-state index contributed by atoms with van der Waals surface area (Å²) < 4.78 is 5.01. The quantitative estimate of drug-likeness (QED) is 0.846. The van der Waals surface area contributed by atoms with E-state index in [-0.39, 0.29) is 17.6 Å². The maximum Gasteiger partial charge on any atom is 0.404 e. The molecule has 0 saturated carbocycles. The van der Waals surface area contributed by atoms with Gasteiger partial charge in [-0.2, -0.15) is 0 Å². The van der Waals surface area contributed by atoms with Crippen LogP contribution in [0.1, 0.15) is 44.0 Å². The van der Waals surface area contributed by atoms with Crippen LogP contribution in [0.2, 0.25) is 5.02 Å². The Morgan fingerprint density at radius 2 is 2.10 bits per heavy atom. The Labute approximate surface area is 123 Å². The summed E-state index contributed by atoms with van der Waals surface area (Å²) >= 11 is 5.95. The fraction of sp³-hybridized carbons (Fsp3) is 0.500. The van der Waals surface area contributed by atoms with Gasteiger partial charge in [-0.05, 0) is 17.9 Å². The lowest BCUT2D eigenvalue weighted by Gasteiger charge is -2.25. The van der Waals surface area contributed by atoms with Crippen molar-refractivity contribution in [2.45, 2.75) is 39.7 Å². The molecule has 1 amide bonds. The van der Waals surface area contributed by atoms with Crippen molar-refractivity contribution >= 4 is 23.5 Å². The molecule has 0 bridgehead atoms. The van der Waals surface area contributed by atoms with Crippen LogP contribution in [0.3, 0.4) is 0 Å². The predicted octanol–water partition coefficient (Wildman–Crippen LogP) is 3.21. The molecule has 5 nitrogen and oxygen atoms in total. The second-order valence-electron chi connectivity index (χ2n) is 5.81. The van der Waals surface area contributed by atoms with Gasteiger partial charge in [0.25, 0.3) is 0 Å². The molecule has 1 aromatic rings. The molecule has 0 saturated heterocycles. The van der Waals surface area contributed by atoms with E-state index in [0.29, 0.717) is 17.0 Å². The smallest absolute Gasteiger partial charge is 0.404 e. The van der Waals surface area contributed by atoms with E-state index in [4.69, 9.17) is 22.1 Å². The van der Waals surface area contributed by atoms with Gasteiger partial charge in [0.05, 0.1) is 10.6 Å². The van der Waals surface area contributed by atoms with Crippen LogP contribution in [0, 0.1) is 5.41 Å². The molecule has 1 aromatic heterocycles. The molecule has 0 fully saturated rings. The molecule has 0 radical (unpaired) electrons. The van der Waals surface area contributed by atoms with Gasteiger partial charge in [0.2, 0.25) is 0 Å². The lowest BCUT2D eigenvalue weighted by Crippen LogP contribution is -2.29. The van der Waals surface area contributed by atoms with Crippen LogP contribution in [0.4, 0.5) is 4.79 Å².